The van der Waals surface area contributed by atoms with E-state index in [9.17, 15) is 9.18 Å². The number of rotatable bonds is 5. The summed E-state index contributed by atoms with van der Waals surface area (Å²) in [6, 6.07) is 6.29. The van der Waals surface area contributed by atoms with Crippen LogP contribution < -0.4 is 5.32 Å². The maximum Gasteiger partial charge on any atom is 0.220 e. The fraction of sp³-hybridized carbons (Fsp3) is 0.364. The molecule has 0 aliphatic heterocycles. The molecule has 0 fully saturated rings. The third-order valence-corrected chi connectivity index (χ3v) is 5.29. The fourth-order valence-electron chi connectivity index (χ4n) is 3.97. The number of aryl methyl sites for hydroxylation is 1. The van der Waals surface area contributed by atoms with Gasteiger partial charge in [0, 0.05) is 30.6 Å². The number of nitrogens with one attached hydrogen (secondary N) is 1. The molecule has 150 valence electrons. The Labute approximate surface area is 169 Å². The average molecular weight is 393 g/mol. The number of carbonyl (C=O) groups is 1. The van der Waals surface area contributed by atoms with Crippen LogP contribution in [0.25, 0.3) is 5.69 Å². The first-order valence-corrected chi connectivity index (χ1v) is 9.78. The molecular weight excluding hydrogens is 369 g/mol. The van der Waals surface area contributed by atoms with Gasteiger partial charge in [-0.2, -0.15) is 5.10 Å². The SMILES string of the molecule is CC1(C)Cc2c(cnn2-c2cccc(F)c2)[C@@H](NC(=O)CCc2cnccn2)C1. The molecule has 0 bridgehead atoms. The van der Waals surface area contributed by atoms with Gasteiger partial charge in [-0.05, 0) is 42.9 Å². The number of nitrogens with zero attached hydrogens (tertiary/aromatic N) is 4. The van der Waals surface area contributed by atoms with Crippen molar-refractivity contribution in [3.8, 4) is 5.69 Å². The zero-order valence-corrected chi connectivity index (χ0v) is 16.6. The first kappa shape index (κ1) is 19.2. The summed E-state index contributed by atoms with van der Waals surface area (Å²) in [6.45, 7) is 4.36. The maximum absolute atomic E-state index is 13.7. The van der Waals surface area contributed by atoms with Crippen LogP contribution in [0, 0.1) is 11.2 Å². The van der Waals surface area contributed by atoms with E-state index in [1.807, 2.05) is 6.07 Å². The minimum atomic E-state index is -0.296. The average Bonchev–Trinajstić information content (AvgIpc) is 3.10. The third kappa shape index (κ3) is 4.34. The first-order valence-electron chi connectivity index (χ1n) is 9.78. The molecule has 0 radical (unpaired) electrons. The molecule has 2 aromatic heterocycles. The van der Waals surface area contributed by atoms with Crippen LogP contribution in [0.15, 0.2) is 49.1 Å². The lowest BCUT2D eigenvalue weighted by Crippen LogP contribution is -2.36. The van der Waals surface area contributed by atoms with Gasteiger partial charge in [0.05, 0.1) is 29.3 Å². The molecule has 0 unspecified atom stereocenters. The molecule has 6 nitrogen and oxygen atoms in total. The number of benzene rings is 1. The van der Waals surface area contributed by atoms with Crippen LogP contribution in [0.1, 0.15) is 49.7 Å². The van der Waals surface area contributed by atoms with Gasteiger partial charge in [0.15, 0.2) is 0 Å². The Hall–Kier alpha value is -3.09. The monoisotopic (exact) mass is 393 g/mol. The molecule has 1 atom stereocenters. The van der Waals surface area contributed by atoms with Crippen molar-refractivity contribution in [1.82, 2.24) is 25.1 Å². The lowest BCUT2D eigenvalue weighted by Gasteiger charge is -2.36. The largest absolute Gasteiger partial charge is 0.349 e. The maximum atomic E-state index is 13.7. The highest BCUT2D eigenvalue weighted by atomic mass is 19.1. The van der Waals surface area contributed by atoms with Crippen molar-refractivity contribution in [1.29, 1.82) is 0 Å². The second-order valence-electron chi connectivity index (χ2n) is 8.30. The van der Waals surface area contributed by atoms with E-state index in [0.717, 1.165) is 29.8 Å². The summed E-state index contributed by atoms with van der Waals surface area (Å²) < 4.78 is 15.5. The number of hydrogen-bond donors (Lipinski definition) is 1. The molecule has 0 saturated heterocycles. The molecule has 4 rings (SSSR count). The van der Waals surface area contributed by atoms with Gasteiger partial charge in [-0.1, -0.05) is 19.9 Å². The van der Waals surface area contributed by atoms with Crippen molar-refractivity contribution in [2.24, 2.45) is 5.41 Å². The lowest BCUT2D eigenvalue weighted by molar-refractivity contribution is -0.122. The highest BCUT2D eigenvalue weighted by Crippen LogP contribution is 2.41. The summed E-state index contributed by atoms with van der Waals surface area (Å²) in [5, 5.41) is 7.67. The lowest BCUT2D eigenvalue weighted by atomic mass is 9.74. The highest BCUT2D eigenvalue weighted by molar-refractivity contribution is 5.76. The van der Waals surface area contributed by atoms with Crippen LogP contribution in [0.5, 0.6) is 0 Å². The summed E-state index contributed by atoms with van der Waals surface area (Å²) in [4.78, 5) is 20.8. The van der Waals surface area contributed by atoms with Gasteiger partial charge in [-0.3, -0.25) is 14.8 Å². The standard InChI is InChI=1S/C22H24FN5O/c1-22(2)11-19(27-21(29)7-6-16-13-24-8-9-25-16)18-14-26-28(20(18)12-22)17-5-3-4-15(23)10-17/h3-5,8-10,13-14,19H,6-7,11-12H2,1-2H3,(H,27,29)/t19-/m0/s1. The molecule has 2 heterocycles. The van der Waals surface area contributed by atoms with Gasteiger partial charge >= 0.3 is 0 Å². The predicted octanol–water partition coefficient (Wildman–Crippen LogP) is 3.56. The Balaban J connectivity index is 1.54. The predicted molar refractivity (Wildman–Crippen MR) is 107 cm³/mol. The van der Waals surface area contributed by atoms with Gasteiger partial charge in [-0.15, -0.1) is 0 Å². The van der Waals surface area contributed by atoms with Crippen LogP contribution in [0.3, 0.4) is 0 Å². The Bertz CT molecular complexity index is 1020. The number of halogens is 1. The Morgan fingerprint density at radius 2 is 2.17 bits per heavy atom. The van der Waals surface area contributed by atoms with Gasteiger partial charge in [0.1, 0.15) is 5.82 Å². The second kappa shape index (κ2) is 7.73. The number of amides is 1. The van der Waals surface area contributed by atoms with Crippen molar-refractivity contribution in [3.05, 3.63) is 71.8 Å². The van der Waals surface area contributed by atoms with E-state index >= 15 is 0 Å². The quantitative estimate of drug-likeness (QED) is 0.719. The minimum absolute atomic E-state index is 0.0129. The molecule has 1 aromatic carbocycles. The van der Waals surface area contributed by atoms with Gasteiger partial charge in [0.2, 0.25) is 5.91 Å². The van der Waals surface area contributed by atoms with Crippen molar-refractivity contribution >= 4 is 5.91 Å². The van der Waals surface area contributed by atoms with Crippen LogP contribution in [-0.4, -0.2) is 25.7 Å². The number of hydrogen-bond acceptors (Lipinski definition) is 4. The number of aromatic nitrogens is 4. The van der Waals surface area contributed by atoms with E-state index in [1.165, 1.54) is 12.1 Å². The van der Waals surface area contributed by atoms with E-state index in [0.29, 0.717) is 18.5 Å². The topological polar surface area (TPSA) is 72.7 Å². The zero-order valence-electron chi connectivity index (χ0n) is 16.6. The van der Waals surface area contributed by atoms with E-state index < -0.39 is 0 Å². The van der Waals surface area contributed by atoms with Gasteiger partial charge in [0.25, 0.3) is 0 Å². The molecule has 1 aliphatic carbocycles. The molecule has 29 heavy (non-hydrogen) atoms. The summed E-state index contributed by atoms with van der Waals surface area (Å²) in [5.74, 6) is -0.321. The molecule has 0 saturated carbocycles. The summed E-state index contributed by atoms with van der Waals surface area (Å²) >= 11 is 0. The van der Waals surface area contributed by atoms with E-state index in [2.05, 4.69) is 34.2 Å². The normalized spacial score (nSPS) is 17.6. The molecule has 1 N–H and O–H groups in total. The number of carbonyl (C=O) groups excluding carboxylic acids is 1. The highest BCUT2D eigenvalue weighted by Gasteiger charge is 2.36. The molecule has 3 aromatic rings. The van der Waals surface area contributed by atoms with Gasteiger partial charge in [-0.25, -0.2) is 9.07 Å². The summed E-state index contributed by atoms with van der Waals surface area (Å²) in [7, 11) is 0. The molecule has 1 amide bonds. The van der Waals surface area contributed by atoms with E-state index in [1.54, 1.807) is 35.5 Å². The molecule has 0 spiro atoms. The second-order valence-corrected chi connectivity index (χ2v) is 8.30. The van der Waals surface area contributed by atoms with Crippen molar-refractivity contribution in [2.45, 2.75) is 45.6 Å². The molecular formula is C22H24FN5O. The Morgan fingerprint density at radius 3 is 2.93 bits per heavy atom. The third-order valence-electron chi connectivity index (χ3n) is 5.29. The van der Waals surface area contributed by atoms with E-state index in [-0.39, 0.29) is 23.2 Å². The van der Waals surface area contributed by atoms with Crippen LogP contribution in [0.2, 0.25) is 0 Å². The summed E-state index contributed by atoms with van der Waals surface area (Å²) in [6.07, 6.45) is 9.25. The van der Waals surface area contributed by atoms with Crippen LogP contribution >= 0.6 is 0 Å². The Morgan fingerprint density at radius 1 is 1.31 bits per heavy atom. The summed E-state index contributed by atoms with van der Waals surface area (Å²) in [5.41, 5.74) is 3.50. The smallest absolute Gasteiger partial charge is 0.220 e. The number of fused-ring (bicyclic) bond motifs is 1. The van der Waals surface area contributed by atoms with Crippen molar-refractivity contribution < 1.29 is 9.18 Å². The van der Waals surface area contributed by atoms with Crippen LogP contribution in [0.4, 0.5) is 4.39 Å². The molecule has 7 heteroatoms. The minimum Gasteiger partial charge on any atom is -0.349 e. The first-order chi connectivity index (χ1) is 13.9. The van der Waals surface area contributed by atoms with Crippen molar-refractivity contribution in [3.63, 3.8) is 0 Å². The Kier molecular flexibility index (Phi) is 5.13. The van der Waals surface area contributed by atoms with Crippen molar-refractivity contribution in [2.75, 3.05) is 0 Å². The molecule has 1 aliphatic rings. The van der Waals surface area contributed by atoms with E-state index in [4.69, 9.17) is 0 Å². The van der Waals surface area contributed by atoms with Crippen LogP contribution in [-0.2, 0) is 17.6 Å². The fourth-order valence-corrected chi connectivity index (χ4v) is 3.97. The zero-order chi connectivity index (χ0) is 20.4. The van der Waals surface area contributed by atoms with Gasteiger partial charge < -0.3 is 5.32 Å².